The molecule has 2 aromatic heterocycles. The molecule has 6 heterocycles. The molecule has 0 spiro atoms. The summed E-state index contributed by atoms with van der Waals surface area (Å²) in [5.74, 6) is 3.70. The number of fused-ring (bicyclic) bond motifs is 16. The van der Waals surface area contributed by atoms with Crippen LogP contribution in [0.4, 0.5) is 34.1 Å². The zero-order chi connectivity index (χ0) is 52.9. The van der Waals surface area contributed by atoms with Gasteiger partial charge in [-0.05, 0) is 105 Å². The Labute approximate surface area is 464 Å². The summed E-state index contributed by atoms with van der Waals surface area (Å²) >= 11 is 0. The highest BCUT2D eigenvalue weighted by atomic mass is 16.5. The summed E-state index contributed by atoms with van der Waals surface area (Å²) in [7, 11) is 0. The monoisotopic (exact) mass is 1030 g/mol. The number of aromatic nitrogens is 1. The molecule has 6 nitrogen and oxygen atoms in total. The predicted octanol–water partition coefficient (Wildman–Crippen LogP) is 15.4. The van der Waals surface area contributed by atoms with Crippen molar-refractivity contribution in [2.75, 3.05) is 9.80 Å². The van der Waals surface area contributed by atoms with Crippen LogP contribution in [-0.4, -0.2) is 18.0 Å². The third-order valence-corrected chi connectivity index (χ3v) is 17.4. The first-order valence-electron chi connectivity index (χ1n) is 27.9. The lowest BCUT2D eigenvalue weighted by Crippen LogP contribution is -2.63. The van der Waals surface area contributed by atoms with Gasteiger partial charge in [-0.2, -0.15) is 0 Å². The Bertz CT molecular complexity index is 4740. The molecule has 0 N–H and O–H groups in total. The van der Waals surface area contributed by atoms with Gasteiger partial charge >= 0.3 is 0 Å². The zero-order valence-corrected chi connectivity index (χ0v) is 44.3. The molecule has 376 valence electrons. The second-order valence-corrected chi connectivity index (χ2v) is 21.9. The largest absolute Gasteiger partial charge is 0.458 e. The van der Waals surface area contributed by atoms with E-state index in [-0.39, 0.29) is 19.3 Å². The van der Waals surface area contributed by atoms with Gasteiger partial charge in [0, 0.05) is 62.1 Å². The van der Waals surface area contributed by atoms with E-state index in [0.717, 1.165) is 140 Å². The molecule has 80 heavy (non-hydrogen) atoms. The van der Waals surface area contributed by atoms with Crippen molar-refractivity contribution in [3.8, 4) is 45.3 Å². The maximum Gasteiger partial charge on any atom is 0.256 e. The van der Waals surface area contributed by atoms with Crippen LogP contribution in [0, 0.1) is 5.92 Å². The van der Waals surface area contributed by atoms with Crippen LogP contribution in [0.25, 0.3) is 71.7 Å². The minimum atomic E-state index is -0.222. The van der Waals surface area contributed by atoms with Gasteiger partial charge in [0.25, 0.3) is 13.4 Å². The average Bonchev–Trinajstić information content (AvgIpc) is 4.21. The molecule has 4 aliphatic heterocycles. The molecule has 0 unspecified atom stereocenters. The van der Waals surface area contributed by atoms with Gasteiger partial charge in [-0.15, -0.1) is 0 Å². The van der Waals surface area contributed by atoms with Crippen molar-refractivity contribution in [1.82, 2.24) is 4.57 Å². The Kier molecular flexibility index (Phi) is 9.62. The smallest absolute Gasteiger partial charge is 0.256 e. The van der Waals surface area contributed by atoms with E-state index in [1.54, 1.807) is 0 Å². The minimum absolute atomic E-state index is 0.191. The fraction of sp³-hybridized carbons (Fsp3) is 0.0556. The van der Waals surface area contributed by atoms with Crippen LogP contribution < -0.4 is 52.1 Å². The molecule has 0 atom stereocenters. The summed E-state index contributed by atoms with van der Waals surface area (Å²) in [6.45, 7) is 6.33. The van der Waals surface area contributed by atoms with E-state index in [4.69, 9.17) is 13.9 Å². The van der Waals surface area contributed by atoms with Gasteiger partial charge in [0.2, 0.25) is 0 Å². The quantitative estimate of drug-likeness (QED) is 0.155. The van der Waals surface area contributed by atoms with Crippen LogP contribution in [0.15, 0.2) is 241 Å². The zero-order valence-electron chi connectivity index (χ0n) is 44.3. The summed E-state index contributed by atoms with van der Waals surface area (Å²) in [4.78, 5) is 5.08. The van der Waals surface area contributed by atoms with Crippen LogP contribution in [0.2, 0.25) is 0 Å². The number of hydrogen-bond donors (Lipinski definition) is 0. The van der Waals surface area contributed by atoms with Gasteiger partial charge in [-0.3, -0.25) is 0 Å². The van der Waals surface area contributed by atoms with Crippen molar-refractivity contribution < 1.29 is 13.9 Å². The molecule has 17 rings (SSSR count). The average molecular weight is 1030 g/mol. The number of allylic oxidation sites excluding steroid dienone is 2. The Hall–Kier alpha value is -9.91. The molecule has 13 aromatic rings. The number of anilines is 6. The topological polar surface area (TPSA) is 43.0 Å². The van der Waals surface area contributed by atoms with E-state index < -0.39 is 0 Å². The molecule has 4 aliphatic rings. The van der Waals surface area contributed by atoms with Crippen molar-refractivity contribution in [3.63, 3.8) is 0 Å². The Morgan fingerprint density at radius 3 is 1.61 bits per heavy atom. The van der Waals surface area contributed by atoms with Gasteiger partial charge < -0.3 is 28.3 Å². The van der Waals surface area contributed by atoms with Gasteiger partial charge in [-0.25, -0.2) is 0 Å². The van der Waals surface area contributed by atoms with Gasteiger partial charge in [0.05, 0.1) is 27.5 Å². The second kappa shape index (κ2) is 17.0. The number of furan rings is 1. The number of nitrogens with zero attached hydrogens (tertiary/aromatic N) is 3. The van der Waals surface area contributed by atoms with Crippen LogP contribution in [-0.2, 0) is 0 Å². The molecule has 0 amide bonds. The SMILES string of the molecule is C/C=C(/C(C)C)n1c2ccccc2c2c3c4c(cc21)N(c1ccccc1)c1cc2c(cc1B4c1ccccc1O3)B1c3ccccc3Oc3c1c(cc1oc4ccccc4c31)N2c1c(-c2ccccc2)cccc1-c1ccccc1. The maximum absolute atomic E-state index is 7.47. The van der Waals surface area contributed by atoms with Crippen LogP contribution in [0.5, 0.6) is 23.0 Å². The molecule has 0 saturated carbocycles. The molecule has 0 fully saturated rings. The molecular weight excluding hydrogens is 976 g/mol. The van der Waals surface area contributed by atoms with E-state index in [9.17, 15) is 0 Å². The molecule has 11 aromatic carbocycles. The molecule has 0 bridgehead atoms. The first-order chi connectivity index (χ1) is 39.5. The minimum Gasteiger partial charge on any atom is -0.458 e. The van der Waals surface area contributed by atoms with Crippen LogP contribution in [0.3, 0.4) is 0 Å². The Morgan fingerprint density at radius 2 is 0.975 bits per heavy atom. The summed E-state index contributed by atoms with van der Waals surface area (Å²) < 4.78 is 24.3. The number of benzene rings is 11. The number of para-hydroxylation sites is 6. The Balaban J connectivity index is 1.06. The lowest BCUT2D eigenvalue weighted by atomic mass is 9.30. The van der Waals surface area contributed by atoms with Crippen molar-refractivity contribution >= 4 is 130 Å². The summed E-state index contributed by atoms with van der Waals surface area (Å²) in [5, 5.41) is 4.30. The lowest BCUT2D eigenvalue weighted by Gasteiger charge is -2.45. The number of hydrogen-bond acceptors (Lipinski definition) is 5. The third kappa shape index (κ3) is 6.21. The summed E-state index contributed by atoms with van der Waals surface area (Å²) in [6, 6.07) is 83.9. The summed E-state index contributed by atoms with van der Waals surface area (Å²) in [6.07, 6.45) is 2.28. The number of ether oxygens (including phenoxy) is 2. The first-order valence-corrected chi connectivity index (χ1v) is 27.9. The van der Waals surface area contributed by atoms with Crippen molar-refractivity contribution in [1.29, 1.82) is 0 Å². The van der Waals surface area contributed by atoms with Crippen molar-refractivity contribution in [2.45, 2.75) is 20.8 Å². The summed E-state index contributed by atoms with van der Waals surface area (Å²) in [5.41, 5.74) is 22.9. The van der Waals surface area contributed by atoms with Gasteiger partial charge in [0.1, 0.15) is 34.2 Å². The highest BCUT2D eigenvalue weighted by molar-refractivity contribution is 7.02. The molecule has 0 radical (unpaired) electrons. The highest BCUT2D eigenvalue weighted by Crippen LogP contribution is 2.54. The van der Waals surface area contributed by atoms with Gasteiger partial charge in [0.15, 0.2) is 0 Å². The van der Waals surface area contributed by atoms with Crippen LogP contribution in [0.1, 0.15) is 20.8 Å². The van der Waals surface area contributed by atoms with Crippen LogP contribution >= 0.6 is 0 Å². The predicted molar refractivity (Wildman–Crippen MR) is 334 cm³/mol. The van der Waals surface area contributed by atoms with Gasteiger partial charge in [-0.1, -0.05) is 196 Å². The van der Waals surface area contributed by atoms with E-state index >= 15 is 0 Å². The van der Waals surface area contributed by atoms with E-state index in [1.807, 2.05) is 0 Å². The third-order valence-electron chi connectivity index (χ3n) is 17.4. The second-order valence-electron chi connectivity index (χ2n) is 21.9. The highest BCUT2D eigenvalue weighted by Gasteiger charge is 2.49. The molecule has 8 heteroatoms. The normalized spacial score (nSPS) is 13.7. The Morgan fingerprint density at radius 1 is 0.438 bits per heavy atom. The fourth-order valence-corrected chi connectivity index (χ4v) is 14.2. The lowest BCUT2D eigenvalue weighted by molar-refractivity contribution is 0.493. The maximum atomic E-state index is 7.47. The van der Waals surface area contributed by atoms with E-state index in [0.29, 0.717) is 0 Å². The standard InChI is InChI=1S/C72H49B2N3O3/c1-4-55(43(2)3)76-56-35-18-14-29-49(56)66-59(76)41-60-68-71(66)79-63-37-20-16-33-51(63)73(68)53-39-54-58(40-57(53)75(60)46-27-12-7-13-28-46)77(70-47(44-23-8-5-9-24-44)31-22-32-48(70)45-25-10-6-11-26-45)61-42-65-67(50-30-15-19-36-62(50)78-65)72-69(61)74(54)52-34-17-21-38-64(52)80-72/h4-43H,1-3H3/b55-4-. The van der Waals surface area contributed by atoms with E-state index in [2.05, 4.69) is 272 Å². The first kappa shape index (κ1) is 45.1. The number of rotatable bonds is 6. The fourth-order valence-electron chi connectivity index (χ4n) is 14.2. The van der Waals surface area contributed by atoms with Crippen molar-refractivity contribution in [2.24, 2.45) is 5.92 Å². The molecule has 0 aliphatic carbocycles. The van der Waals surface area contributed by atoms with E-state index in [1.165, 1.54) is 22.0 Å². The van der Waals surface area contributed by atoms with Crippen molar-refractivity contribution in [3.05, 3.63) is 237 Å². The molecular formula is C72H49B2N3O3. The molecule has 0 saturated heterocycles.